The van der Waals surface area contributed by atoms with Gasteiger partial charge >= 0.3 is 11.0 Å². The molecule has 0 saturated carbocycles. The minimum atomic E-state index is -4.65. The van der Waals surface area contributed by atoms with E-state index >= 15 is 0 Å². The van der Waals surface area contributed by atoms with E-state index in [-0.39, 0.29) is 10.8 Å². The Hall–Kier alpha value is 0.590. The number of nitrogens with zero attached hydrogens (tertiary/aromatic N) is 1. The van der Waals surface area contributed by atoms with Gasteiger partial charge in [0.15, 0.2) is 4.50 Å². The predicted octanol–water partition coefficient (Wildman–Crippen LogP) is 4.65. The van der Waals surface area contributed by atoms with Crippen LogP contribution in [0.5, 0.6) is 0 Å². The summed E-state index contributed by atoms with van der Waals surface area (Å²) < 4.78 is 70.6. The van der Waals surface area contributed by atoms with Gasteiger partial charge in [0.05, 0.1) is 11.9 Å². The molecule has 0 aromatic heterocycles. The van der Waals surface area contributed by atoms with Gasteiger partial charge in [0, 0.05) is 10.8 Å². The minimum absolute atomic E-state index is 0.0897. The van der Waals surface area contributed by atoms with Crippen molar-refractivity contribution in [1.29, 1.82) is 0 Å². The van der Waals surface area contributed by atoms with Crippen molar-refractivity contribution in [2.45, 2.75) is 11.0 Å². The molecule has 84 valence electrons. The highest BCUT2D eigenvalue weighted by molar-refractivity contribution is 8.83. The maximum Gasteiger partial charge on any atom is 0.463 e. The van der Waals surface area contributed by atoms with Gasteiger partial charge in [0.2, 0.25) is 0 Å². The average molecular weight is 296 g/mol. The van der Waals surface area contributed by atoms with E-state index in [9.17, 15) is 26.3 Å². The molecular weight excluding hydrogens is 296 g/mol. The molecule has 0 rings (SSSR count). The zero-order valence-corrected chi connectivity index (χ0v) is 9.02. The summed E-state index contributed by atoms with van der Waals surface area (Å²) in [6, 6.07) is 0. The summed E-state index contributed by atoms with van der Waals surface area (Å²) in [5, 5.41) is 0. The molecular formula is C3ClF6NS3. The first-order valence-electron chi connectivity index (χ1n) is 2.51. The average Bonchev–Trinajstić information content (AvgIpc) is 1.94. The molecule has 0 amide bonds. The van der Waals surface area contributed by atoms with Crippen molar-refractivity contribution in [3.05, 3.63) is 0 Å². The fraction of sp³-hybridized carbons (Fsp3) is 0.667. The van der Waals surface area contributed by atoms with Crippen LogP contribution in [0.3, 0.4) is 0 Å². The summed E-state index contributed by atoms with van der Waals surface area (Å²) in [4.78, 5) is 0. The lowest BCUT2D eigenvalue weighted by Gasteiger charge is -2.03. The van der Waals surface area contributed by atoms with Crippen LogP contribution in [-0.4, -0.2) is 15.5 Å². The van der Waals surface area contributed by atoms with Gasteiger partial charge in [0.1, 0.15) is 0 Å². The van der Waals surface area contributed by atoms with Crippen molar-refractivity contribution >= 4 is 49.6 Å². The van der Waals surface area contributed by atoms with Crippen LogP contribution in [0.4, 0.5) is 26.3 Å². The largest absolute Gasteiger partial charge is 0.463 e. The van der Waals surface area contributed by atoms with Gasteiger partial charge in [-0.3, -0.25) is 0 Å². The normalized spacial score (nSPS) is 14.6. The minimum Gasteiger partial charge on any atom is -0.187 e. The van der Waals surface area contributed by atoms with E-state index in [0.29, 0.717) is 0 Å². The van der Waals surface area contributed by atoms with Crippen LogP contribution in [0, 0.1) is 0 Å². The van der Waals surface area contributed by atoms with Crippen LogP contribution < -0.4 is 0 Å². The summed E-state index contributed by atoms with van der Waals surface area (Å²) in [6.45, 7) is 0. The van der Waals surface area contributed by atoms with Crippen molar-refractivity contribution in [2.75, 3.05) is 0 Å². The third-order valence-corrected chi connectivity index (χ3v) is 3.50. The summed E-state index contributed by atoms with van der Waals surface area (Å²) in [7, 11) is -0.724. The Morgan fingerprint density at radius 1 is 1.00 bits per heavy atom. The third kappa shape index (κ3) is 10.7. The van der Waals surface area contributed by atoms with Crippen molar-refractivity contribution < 1.29 is 26.3 Å². The second kappa shape index (κ2) is 5.61. The molecule has 0 atom stereocenters. The molecule has 0 aliphatic heterocycles. The van der Waals surface area contributed by atoms with Crippen molar-refractivity contribution in [2.24, 2.45) is 4.40 Å². The van der Waals surface area contributed by atoms with Crippen molar-refractivity contribution in [3.63, 3.8) is 0 Å². The lowest BCUT2D eigenvalue weighted by Crippen LogP contribution is -1.98. The molecule has 0 fully saturated rings. The Morgan fingerprint density at radius 2 is 1.50 bits per heavy atom. The molecule has 0 radical (unpaired) electrons. The maximum atomic E-state index is 11.5. The van der Waals surface area contributed by atoms with Gasteiger partial charge < -0.3 is 0 Å². The summed E-state index contributed by atoms with van der Waals surface area (Å²) in [5.41, 5.74) is -9.22. The highest BCUT2D eigenvalue weighted by Crippen LogP contribution is 2.42. The summed E-state index contributed by atoms with van der Waals surface area (Å²) >= 11 is 4.11. The van der Waals surface area contributed by atoms with E-state index in [0.717, 1.165) is 0 Å². The molecule has 0 aromatic carbocycles. The molecule has 0 bridgehead atoms. The van der Waals surface area contributed by atoms with Crippen LogP contribution in [0.25, 0.3) is 0 Å². The number of alkyl halides is 6. The smallest absolute Gasteiger partial charge is 0.187 e. The Balaban J connectivity index is 3.91. The molecule has 11 heteroatoms. The highest BCUT2D eigenvalue weighted by atomic mass is 35.5. The third-order valence-electron chi connectivity index (χ3n) is 0.426. The van der Waals surface area contributed by atoms with E-state index in [1.165, 1.54) is 0 Å². The van der Waals surface area contributed by atoms with E-state index < -0.39 is 38.3 Å². The standard InChI is InChI=1S/C3ClF6NS3/c4-1(11-13-2(5,6)7)12-14-3(8,9)10/b11-1+. The van der Waals surface area contributed by atoms with Gasteiger partial charge in [0.25, 0.3) is 0 Å². The lowest BCUT2D eigenvalue weighted by atomic mass is 11.6. The van der Waals surface area contributed by atoms with Crippen LogP contribution in [0.15, 0.2) is 4.40 Å². The molecule has 0 heterocycles. The van der Waals surface area contributed by atoms with Crippen LogP contribution in [0.2, 0.25) is 0 Å². The lowest BCUT2D eigenvalue weighted by molar-refractivity contribution is -0.0331. The second-order valence-electron chi connectivity index (χ2n) is 1.49. The number of rotatable bonds is 2. The second-order valence-corrected chi connectivity index (χ2v) is 5.09. The molecule has 1 nitrogen and oxygen atoms in total. The van der Waals surface area contributed by atoms with E-state index in [1.807, 2.05) is 0 Å². The molecule has 0 unspecified atom stereocenters. The molecule has 0 aromatic rings. The predicted molar refractivity (Wildman–Crippen MR) is 48.2 cm³/mol. The Morgan fingerprint density at radius 3 is 1.86 bits per heavy atom. The molecule has 0 aliphatic rings. The monoisotopic (exact) mass is 295 g/mol. The fourth-order valence-electron chi connectivity index (χ4n) is 0.184. The van der Waals surface area contributed by atoms with Crippen LogP contribution in [0.1, 0.15) is 0 Å². The summed E-state index contributed by atoms with van der Waals surface area (Å²) in [6.07, 6.45) is 0. The van der Waals surface area contributed by atoms with Gasteiger partial charge in [-0.1, -0.05) is 11.6 Å². The first-order chi connectivity index (χ1) is 6.10. The van der Waals surface area contributed by atoms with Crippen LogP contribution >= 0.6 is 45.1 Å². The quantitative estimate of drug-likeness (QED) is 0.242. The number of hydrogen-bond donors (Lipinski definition) is 0. The van der Waals surface area contributed by atoms with E-state index in [2.05, 4.69) is 4.40 Å². The first kappa shape index (κ1) is 14.6. The fourth-order valence-corrected chi connectivity index (χ4v) is 1.91. The zero-order valence-electron chi connectivity index (χ0n) is 5.82. The highest BCUT2D eigenvalue weighted by Gasteiger charge is 2.31. The van der Waals surface area contributed by atoms with E-state index in [4.69, 9.17) is 11.6 Å². The zero-order chi connectivity index (χ0) is 11.4. The summed E-state index contributed by atoms with van der Waals surface area (Å²) in [5.74, 6) is 0. The van der Waals surface area contributed by atoms with E-state index in [1.54, 1.807) is 0 Å². The van der Waals surface area contributed by atoms with Crippen molar-refractivity contribution in [1.82, 2.24) is 0 Å². The Bertz CT molecular complexity index is 211. The van der Waals surface area contributed by atoms with Gasteiger partial charge in [-0.05, 0) is 10.8 Å². The maximum absolute atomic E-state index is 11.5. The molecule has 0 N–H and O–H groups in total. The molecule has 0 aliphatic carbocycles. The SMILES string of the molecule is FC(F)(F)S/N=C(\Cl)SSC(F)(F)F. The molecule has 14 heavy (non-hydrogen) atoms. The Labute approximate surface area is 91.6 Å². The Kier molecular flexibility index (Phi) is 5.85. The molecule has 0 saturated heterocycles. The van der Waals surface area contributed by atoms with Crippen LogP contribution in [-0.2, 0) is 0 Å². The molecule has 0 spiro atoms. The number of hydrogen-bond acceptors (Lipinski definition) is 4. The topological polar surface area (TPSA) is 12.4 Å². The van der Waals surface area contributed by atoms with Crippen molar-refractivity contribution in [3.8, 4) is 0 Å². The number of halogens is 7. The van der Waals surface area contributed by atoms with Gasteiger partial charge in [-0.2, -0.15) is 30.7 Å². The van der Waals surface area contributed by atoms with Gasteiger partial charge in [-0.15, -0.1) is 0 Å². The first-order valence-corrected chi connectivity index (χ1v) is 5.81. The van der Waals surface area contributed by atoms with Gasteiger partial charge in [-0.25, -0.2) is 0 Å².